The lowest BCUT2D eigenvalue weighted by Crippen LogP contribution is -2.43. The molecule has 2 unspecified atom stereocenters. The van der Waals surface area contributed by atoms with Crippen LogP contribution in [0.3, 0.4) is 0 Å². The maximum atomic E-state index is 4.15. The van der Waals surface area contributed by atoms with Gasteiger partial charge in [-0.2, -0.15) is 0 Å². The fourth-order valence-electron chi connectivity index (χ4n) is 8.08. The van der Waals surface area contributed by atoms with Gasteiger partial charge >= 0.3 is 0 Å². The van der Waals surface area contributed by atoms with Gasteiger partial charge in [0, 0.05) is 5.54 Å². The molecule has 0 fully saturated rings. The van der Waals surface area contributed by atoms with E-state index in [0.717, 1.165) is 6.42 Å². The second kappa shape index (κ2) is 12.0. The van der Waals surface area contributed by atoms with Crippen LogP contribution in [0.1, 0.15) is 30.5 Å². The number of hydrogen-bond acceptors (Lipinski definition) is 1. The quantitative estimate of drug-likeness (QED) is 0.148. The maximum absolute atomic E-state index is 4.15. The van der Waals surface area contributed by atoms with Crippen molar-refractivity contribution in [2.24, 2.45) is 0 Å². The number of rotatable bonds is 5. The lowest BCUT2D eigenvalue weighted by atomic mass is 9.79. The highest BCUT2D eigenvalue weighted by atomic mass is 15.0. The summed E-state index contributed by atoms with van der Waals surface area (Å²) in [5.41, 5.74) is 9.92. The molecule has 1 aliphatic rings. The van der Waals surface area contributed by atoms with E-state index in [1.165, 1.54) is 76.8 Å². The summed E-state index contributed by atoms with van der Waals surface area (Å²) in [7, 11) is 0. The van der Waals surface area contributed by atoms with Crippen molar-refractivity contribution in [1.29, 1.82) is 0 Å². The van der Waals surface area contributed by atoms with E-state index in [0.29, 0.717) is 0 Å². The van der Waals surface area contributed by atoms with Crippen molar-refractivity contribution in [3.63, 3.8) is 0 Å². The number of hydrogen-bond donors (Lipinski definition) is 1. The van der Waals surface area contributed by atoms with E-state index in [-0.39, 0.29) is 11.6 Å². The maximum Gasteiger partial charge on any atom is 0.0525 e. The van der Waals surface area contributed by atoms with Crippen LogP contribution in [0.4, 0.5) is 0 Å². The molecular formula is C48H37N. The summed E-state index contributed by atoms with van der Waals surface area (Å²) in [6.45, 7) is 2.36. The van der Waals surface area contributed by atoms with Crippen molar-refractivity contribution in [3.8, 4) is 33.4 Å². The summed E-state index contributed by atoms with van der Waals surface area (Å²) in [6, 6.07) is 62.1. The van der Waals surface area contributed by atoms with Crippen LogP contribution in [0.5, 0.6) is 0 Å². The second-order valence-electron chi connectivity index (χ2n) is 13.5. The molecule has 8 aromatic carbocycles. The highest BCUT2D eigenvalue weighted by Gasteiger charge is 2.33. The highest BCUT2D eigenvalue weighted by molar-refractivity contribution is 6.15. The molecule has 0 spiro atoms. The fourth-order valence-corrected chi connectivity index (χ4v) is 8.08. The first-order valence-electron chi connectivity index (χ1n) is 17.3. The van der Waals surface area contributed by atoms with Gasteiger partial charge in [-0.05, 0) is 90.2 Å². The molecule has 49 heavy (non-hydrogen) atoms. The molecule has 0 amide bonds. The van der Waals surface area contributed by atoms with E-state index in [1.807, 2.05) is 0 Å². The first-order chi connectivity index (χ1) is 24.2. The van der Waals surface area contributed by atoms with Crippen molar-refractivity contribution in [2.45, 2.75) is 24.9 Å². The molecule has 234 valence electrons. The molecule has 0 aliphatic carbocycles. The van der Waals surface area contributed by atoms with Gasteiger partial charge in [0.1, 0.15) is 0 Å². The molecule has 0 saturated heterocycles. The van der Waals surface area contributed by atoms with Crippen LogP contribution >= 0.6 is 0 Å². The minimum atomic E-state index is -0.212. The third-order valence-electron chi connectivity index (χ3n) is 10.5. The molecule has 9 rings (SSSR count). The van der Waals surface area contributed by atoms with Crippen molar-refractivity contribution in [2.75, 3.05) is 0 Å². The lowest BCUT2D eigenvalue weighted by Gasteiger charge is -2.39. The Morgan fingerprint density at radius 2 is 0.918 bits per heavy atom. The van der Waals surface area contributed by atoms with Crippen LogP contribution in [0, 0.1) is 0 Å². The Morgan fingerprint density at radius 3 is 1.53 bits per heavy atom. The average Bonchev–Trinajstić information content (AvgIpc) is 3.17. The molecular weight excluding hydrogens is 591 g/mol. The summed E-state index contributed by atoms with van der Waals surface area (Å²) in [5, 5.41) is 11.9. The van der Waals surface area contributed by atoms with Gasteiger partial charge in [-0.1, -0.05) is 182 Å². The van der Waals surface area contributed by atoms with E-state index < -0.39 is 0 Å². The average molecular weight is 628 g/mol. The van der Waals surface area contributed by atoms with Crippen LogP contribution in [0.15, 0.2) is 182 Å². The first-order valence-corrected chi connectivity index (χ1v) is 17.3. The van der Waals surface area contributed by atoms with Crippen LogP contribution in [-0.2, 0) is 5.54 Å². The van der Waals surface area contributed by atoms with E-state index in [2.05, 4.69) is 194 Å². The molecule has 0 saturated carbocycles. The molecule has 1 nitrogen and oxygen atoms in total. The minimum Gasteiger partial charge on any atom is -0.297 e. The van der Waals surface area contributed by atoms with Crippen molar-refractivity contribution < 1.29 is 0 Å². The van der Waals surface area contributed by atoms with Gasteiger partial charge in [0.05, 0.1) is 6.04 Å². The smallest absolute Gasteiger partial charge is 0.0525 e. The van der Waals surface area contributed by atoms with Gasteiger partial charge < -0.3 is 0 Å². The third-order valence-corrected chi connectivity index (χ3v) is 10.5. The molecule has 2 atom stereocenters. The minimum absolute atomic E-state index is 0.0582. The Bertz CT molecular complexity index is 2430. The summed E-state index contributed by atoms with van der Waals surface area (Å²) in [4.78, 5) is 0. The van der Waals surface area contributed by atoms with Gasteiger partial charge in [0.25, 0.3) is 0 Å². The van der Waals surface area contributed by atoms with Crippen molar-refractivity contribution >= 4 is 32.3 Å². The third kappa shape index (κ3) is 5.15. The zero-order valence-electron chi connectivity index (χ0n) is 27.6. The van der Waals surface area contributed by atoms with E-state index in [4.69, 9.17) is 0 Å². The Morgan fingerprint density at radius 1 is 0.449 bits per heavy atom. The normalized spacial score (nSPS) is 17.5. The molecule has 1 N–H and O–H groups in total. The summed E-state index contributed by atoms with van der Waals surface area (Å²) in [5.74, 6) is 0. The Labute approximate surface area is 288 Å². The molecule has 8 aromatic rings. The van der Waals surface area contributed by atoms with Crippen LogP contribution < -0.4 is 5.32 Å². The van der Waals surface area contributed by atoms with E-state index >= 15 is 0 Å². The number of benzene rings is 8. The number of fused-ring (bicyclic) bond motifs is 3. The second-order valence-corrected chi connectivity index (χ2v) is 13.5. The monoisotopic (exact) mass is 627 g/mol. The van der Waals surface area contributed by atoms with Gasteiger partial charge in [-0.15, -0.1) is 0 Å². The van der Waals surface area contributed by atoms with Gasteiger partial charge in [-0.3, -0.25) is 5.32 Å². The predicted molar refractivity (Wildman–Crippen MR) is 209 cm³/mol. The molecule has 0 radical (unpaired) electrons. The Kier molecular flexibility index (Phi) is 7.22. The van der Waals surface area contributed by atoms with Crippen LogP contribution in [-0.4, -0.2) is 0 Å². The Balaban J connectivity index is 1.13. The summed E-state index contributed by atoms with van der Waals surface area (Å²) >= 11 is 0. The molecule has 0 aromatic heterocycles. The van der Waals surface area contributed by atoms with Gasteiger partial charge in [-0.25, -0.2) is 0 Å². The van der Waals surface area contributed by atoms with Crippen molar-refractivity contribution in [3.05, 3.63) is 193 Å². The van der Waals surface area contributed by atoms with E-state index in [9.17, 15) is 0 Å². The van der Waals surface area contributed by atoms with Gasteiger partial charge in [0.15, 0.2) is 0 Å². The molecule has 0 bridgehead atoms. The van der Waals surface area contributed by atoms with Gasteiger partial charge in [0.2, 0.25) is 0 Å². The Hall–Kier alpha value is -5.76. The highest BCUT2D eigenvalue weighted by Crippen LogP contribution is 2.45. The molecule has 1 aliphatic heterocycles. The van der Waals surface area contributed by atoms with E-state index in [1.54, 1.807) is 0 Å². The van der Waals surface area contributed by atoms with Crippen LogP contribution in [0.2, 0.25) is 0 Å². The predicted octanol–water partition coefficient (Wildman–Crippen LogP) is 12.7. The SMILES string of the molecule is CC1(c2cccc3ccccc23)CC=CC(c2c3ccccc3c(-c3ccc(-c4ccc(-c5ccccc5)cc4)cc3)c3ccccc23)N1. The number of nitrogens with one attached hydrogen (secondary N) is 1. The summed E-state index contributed by atoms with van der Waals surface area (Å²) in [6.07, 6.45) is 5.69. The zero-order valence-corrected chi connectivity index (χ0v) is 27.6. The largest absolute Gasteiger partial charge is 0.297 e. The summed E-state index contributed by atoms with van der Waals surface area (Å²) < 4.78 is 0. The molecule has 1 heterocycles. The standard InChI is InChI=1S/C48H37N/c1-48(44-22-11-16-37-15-5-6-17-39(37)44)32-12-23-45(49-48)47-42-20-9-7-18-40(42)46(41-19-8-10-21-43(41)47)38-30-28-36(29-31-38)35-26-24-34(25-27-35)33-13-3-2-4-14-33/h2-31,45,49H,32H2,1H3. The molecule has 1 heteroatoms. The van der Waals surface area contributed by atoms with Crippen LogP contribution in [0.25, 0.3) is 65.7 Å². The zero-order chi connectivity index (χ0) is 32.8. The lowest BCUT2D eigenvalue weighted by molar-refractivity contribution is 0.333. The topological polar surface area (TPSA) is 12.0 Å². The van der Waals surface area contributed by atoms with Crippen molar-refractivity contribution in [1.82, 2.24) is 5.32 Å². The first kappa shape index (κ1) is 29.4. The fraction of sp³-hybridized carbons (Fsp3) is 0.0833.